The summed E-state index contributed by atoms with van der Waals surface area (Å²) in [6, 6.07) is 33.5. The van der Waals surface area contributed by atoms with Crippen LogP contribution in [0.3, 0.4) is 0 Å². The largest absolute Gasteiger partial charge is 0.315 e. The quantitative estimate of drug-likeness (QED) is 0.208. The maximum absolute atomic E-state index is 5.28. The zero-order valence-electron chi connectivity index (χ0n) is 21.9. The number of allylic oxidation sites excluding steroid dienone is 2. The lowest BCUT2D eigenvalue weighted by molar-refractivity contribution is 0.738. The minimum absolute atomic E-state index is 0.102. The van der Waals surface area contributed by atoms with Crippen LogP contribution in [0.1, 0.15) is 5.56 Å². The Kier molecular flexibility index (Phi) is 4.15. The Balaban J connectivity index is 1.35. The monoisotopic (exact) mass is 542 g/mol. The van der Waals surface area contributed by atoms with Crippen LogP contribution < -0.4 is 4.90 Å². The molecule has 0 fully saturated rings. The first kappa shape index (κ1) is 21.8. The Morgan fingerprint density at radius 3 is 2.44 bits per heavy atom. The third-order valence-electron chi connectivity index (χ3n) is 8.83. The summed E-state index contributed by atoms with van der Waals surface area (Å²) in [6.45, 7) is 0. The van der Waals surface area contributed by atoms with Gasteiger partial charge in [-0.3, -0.25) is 9.98 Å². The van der Waals surface area contributed by atoms with Gasteiger partial charge in [-0.2, -0.15) is 0 Å². The molecule has 0 bridgehead atoms. The third-order valence-corrected chi connectivity index (χ3v) is 9.97. The molecule has 2 atom stereocenters. The van der Waals surface area contributed by atoms with Crippen molar-refractivity contribution < 1.29 is 0 Å². The number of fused-ring (bicyclic) bond motifs is 14. The van der Waals surface area contributed by atoms with Crippen molar-refractivity contribution in [2.24, 2.45) is 4.99 Å². The number of amidine groups is 1. The maximum atomic E-state index is 5.28. The summed E-state index contributed by atoms with van der Waals surface area (Å²) in [7, 11) is 0. The van der Waals surface area contributed by atoms with E-state index in [9.17, 15) is 0 Å². The van der Waals surface area contributed by atoms with Crippen molar-refractivity contribution in [1.82, 2.24) is 9.55 Å². The van der Waals surface area contributed by atoms with Crippen LogP contribution in [-0.4, -0.2) is 27.5 Å². The number of hydrogen-bond acceptors (Lipinski definition) is 4. The number of nitrogens with zero attached hydrogens (tertiary/aromatic N) is 4. The van der Waals surface area contributed by atoms with Crippen molar-refractivity contribution in [3.05, 3.63) is 127 Å². The summed E-state index contributed by atoms with van der Waals surface area (Å²) >= 11 is 1.87. The predicted molar refractivity (Wildman–Crippen MR) is 172 cm³/mol. The number of benzene rings is 4. The summed E-state index contributed by atoms with van der Waals surface area (Å²) in [5, 5.41) is 5.13. The first-order valence-corrected chi connectivity index (χ1v) is 14.8. The molecule has 0 saturated heterocycles. The molecule has 4 aromatic carbocycles. The molecule has 0 radical (unpaired) electrons. The zero-order chi connectivity index (χ0) is 26.7. The van der Waals surface area contributed by atoms with Gasteiger partial charge in [-0.15, -0.1) is 11.3 Å². The molecule has 4 nitrogen and oxygen atoms in total. The number of rotatable bonds is 1. The molecule has 0 saturated carbocycles. The zero-order valence-corrected chi connectivity index (χ0v) is 22.7. The Morgan fingerprint density at radius 2 is 1.49 bits per heavy atom. The fourth-order valence-corrected chi connectivity index (χ4v) is 8.20. The van der Waals surface area contributed by atoms with Gasteiger partial charge < -0.3 is 9.47 Å². The average Bonchev–Trinajstić information content (AvgIpc) is 3.69. The Bertz CT molecular complexity index is 2340. The molecule has 2 aliphatic heterocycles. The van der Waals surface area contributed by atoms with Gasteiger partial charge in [-0.05, 0) is 54.6 Å². The summed E-state index contributed by atoms with van der Waals surface area (Å²) in [6.07, 6.45) is 10.6. The van der Waals surface area contributed by atoms with Crippen LogP contribution in [0, 0.1) is 0 Å². The SMILES string of the molecule is C1=CC2N=C3c4cc5c(cc4-c4ncccc4N3C2C=C1)c1cc2sc3ccccc3c2cc1n5-c1ccccc1. The second-order valence-corrected chi connectivity index (χ2v) is 12.1. The van der Waals surface area contributed by atoms with E-state index < -0.39 is 0 Å². The minimum atomic E-state index is 0.102. The normalized spacial score (nSPS) is 18.6. The lowest BCUT2D eigenvalue weighted by Gasteiger charge is -2.34. The molecule has 10 rings (SSSR count). The highest BCUT2D eigenvalue weighted by Gasteiger charge is 2.41. The van der Waals surface area contributed by atoms with E-state index in [0.29, 0.717) is 0 Å². The molecule has 2 unspecified atom stereocenters. The molecule has 0 N–H and O–H groups in total. The number of aliphatic imine (C=N–C) groups is 1. The number of thiophene rings is 1. The standard InChI is InChI=1S/C36H22N4S/c1-2-9-21(10-3-1)39-31-18-25-22-11-4-7-15-33(22)41-34(25)20-24(31)23-17-26-27(19-32(23)39)36-38-28-12-5-6-13-29(28)40(36)30-14-8-16-37-35(26)30/h1-20,28-29H. The van der Waals surface area contributed by atoms with E-state index in [2.05, 4.69) is 119 Å². The molecule has 5 heteroatoms. The van der Waals surface area contributed by atoms with Crippen LogP contribution in [0.5, 0.6) is 0 Å². The van der Waals surface area contributed by atoms with E-state index in [0.717, 1.165) is 34.0 Å². The highest BCUT2D eigenvalue weighted by molar-refractivity contribution is 7.25. The van der Waals surface area contributed by atoms with E-state index in [1.165, 1.54) is 42.0 Å². The Hall–Kier alpha value is -5.00. The van der Waals surface area contributed by atoms with Crippen LogP contribution in [0.15, 0.2) is 126 Å². The second kappa shape index (κ2) is 7.80. The van der Waals surface area contributed by atoms with E-state index >= 15 is 0 Å². The van der Waals surface area contributed by atoms with E-state index in [4.69, 9.17) is 9.98 Å². The van der Waals surface area contributed by atoms with Crippen molar-refractivity contribution in [2.75, 3.05) is 4.90 Å². The number of para-hydroxylation sites is 1. The van der Waals surface area contributed by atoms with Crippen LogP contribution >= 0.6 is 11.3 Å². The Morgan fingerprint density at radius 1 is 0.659 bits per heavy atom. The van der Waals surface area contributed by atoms with Crippen molar-refractivity contribution in [2.45, 2.75) is 12.1 Å². The summed E-state index contributed by atoms with van der Waals surface area (Å²) in [5.41, 5.74) is 8.01. The lowest BCUT2D eigenvalue weighted by atomic mass is 9.93. The molecule has 0 spiro atoms. The smallest absolute Gasteiger partial charge is 0.137 e. The van der Waals surface area contributed by atoms with E-state index in [-0.39, 0.29) is 12.1 Å². The predicted octanol–water partition coefficient (Wildman–Crippen LogP) is 8.66. The Labute approximate surface area is 239 Å². The summed E-state index contributed by atoms with van der Waals surface area (Å²) in [4.78, 5) is 12.6. The fraction of sp³-hybridized carbons (Fsp3) is 0.0556. The molecule has 1 aliphatic carbocycles. The topological polar surface area (TPSA) is 33.4 Å². The van der Waals surface area contributed by atoms with Crippen molar-refractivity contribution in [3.63, 3.8) is 0 Å². The highest BCUT2D eigenvalue weighted by atomic mass is 32.1. The first-order valence-electron chi connectivity index (χ1n) is 14.0. The van der Waals surface area contributed by atoms with Gasteiger partial charge in [0.05, 0.1) is 34.5 Å². The number of anilines is 1. The average molecular weight is 543 g/mol. The third kappa shape index (κ3) is 2.83. The van der Waals surface area contributed by atoms with Gasteiger partial charge in [-0.1, -0.05) is 60.7 Å². The van der Waals surface area contributed by atoms with Gasteiger partial charge in [-0.25, -0.2) is 0 Å². The second-order valence-electron chi connectivity index (χ2n) is 11.0. The summed E-state index contributed by atoms with van der Waals surface area (Å²) < 4.78 is 5.07. The molecule has 5 heterocycles. The summed E-state index contributed by atoms with van der Waals surface area (Å²) in [5.74, 6) is 1.03. The van der Waals surface area contributed by atoms with Crippen molar-refractivity contribution in [1.29, 1.82) is 0 Å². The van der Waals surface area contributed by atoms with Crippen molar-refractivity contribution >= 4 is 64.8 Å². The fourth-order valence-electron chi connectivity index (χ4n) is 7.07. The first-order chi connectivity index (χ1) is 20.3. The minimum Gasteiger partial charge on any atom is -0.315 e. The number of pyridine rings is 1. The number of aromatic nitrogens is 2. The van der Waals surface area contributed by atoms with Crippen LogP contribution in [0.25, 0.3) is 58.9 Å². The van der Waals surface area contributed by atoms with Crippen molar-refractivity contribution in [3.8, 4) is 16.9 Å². The van der Waals surface area contributed by atoms with Gasteiger partial charge in [0, 0.05) is 54.0 Å². The van der Waals surface area contributed by atoms with Gasteiger partial charge in [0.2, 0.25) is 0 Å². The highest BCUT2D eigenvalue weighted by Crippen LogP contribution is 2.47. The number of hydrogen-bond donors (Lipinski definition) is 0. The van der Waals surface area contributed by atoms with E-state index in [1.807, 2.05) is 23.6 Å². The lowest BCUT2D eigenvalue weighted by Crippen LogP contribution is -2.41. The van der Waals surface area contributed by atoms with Gasteiger partial charge >= 0.3 is 0 Å². The molecule has 3 aliphatic rings. The van der Waals surface area contributed by atoms with Gasteiger partial charge in [0.25, 0.3) is 0 Å². The van der Waals surface area contributed by atoms with Crippen LogP contribution in [-0.2, 0) is 0 Å². The molecule has 0 amide bonds. The van der Waals surface area contributed by atoms with Crippen LogP contribution in [0.4, 0.5) is 5.69 Å². The molecule has 41 heavy (non-hydrogen) atoms. The maximum Gasteiger partial charge on any atom is 0.137 e. The van der Waals surface area contributed by atoms with Crippen LogP contribution in [0.2, 0.25) is 0 Å². The molecule has 7 aromatic rings. The molecular formula is C36H22N4S. The molecule has 3 aromatic heterocycles. The molecular weight excluding hydrogens is 520 g/mol. The van der Waals surface area contributed by atoms with Gasteiger partial charge in [0.15, 0.2) is 0 Å². The van der Waals surface area contributed by atoms with Gasteiger partial charge in [0.1, 0.15) is 5.84 Å². The molecule has 192 valence electrons. The van der Waals surface area contributed by atoms with E-state index in [1.54, 1.807) is 0 Å².